The molecule has 0 N–H and O–H groups in total. The molecule has 2 saturated carbocycles. The summed E-state index contributed by atoms with van der Waals surface area (Å²) in [6.07, 6.45) is -18.7. The van der Waals surface area contributed by atoms with Crippen LogP contribution < -0.4 is 0 Å². The largest absolute Gasteiger partial charge is 0.430 e. The van der Waals surface area contributed by atoms with Crippen LogP contribution >= 0.6 is 31.9 Å². The second-order valence-corrected chi connectivity index (χ2v) is 13.6. The van der Waals surface area contributed by atoms with E-state index in [0.29, 0.717) is 0 Å². The molecule has 0 radical (unpaired) electrons. The lowest BCUT2D eigenvalue weighted by molar-refractivity contribution is -0.332. The molecule has 0 amide bonds. The summed E-state index contributed by atoms with van der Waals surface area (Å²) in [5.41, 5.74) is 0. The van der Waals surface area contributed by atoms with Gasteiger partial charge in [-0.3, -0.25) is 0 Å². The summed E-state index contributed by atoms with van der Waals surface area (Å²) in [4.78, 5) is -9.87. The molecule has 214 valence electrons. The van der Waals surface area contributed by atoms with Crippen LogP contribution in [0.4, 0.5) is 42.9 Å². The minimum atomic E-state index is -5.68. The number of hydrogen-bond acceptors (Lipinski definition) is 6. The third-order valence-corrected chi connectivity index (χ3v) is 9.55. The number of halogens is 12. The van der Waals surface area contributed by atoms with E-state index < -0.39 is 103 Å². The monoisotopic (exact) mass is 718 g/mol. The first-order valence-corrected chi connectivity index (χ1v) is 14.5. The molecule has 2 rings (SSSR count). The van der Waals surface area contributed by atoms with Crippen molar-refractivity contribution >= 4 is 52.3 Å². The van der Waals surface area contributed by atoms with Gasteiger partial charge in [0.15, 0.2) is 0 Å². The molecule has 0 aromatic carbocycles. The molecule has 0 bridgehead atoms. The number of rotatable bonds is 9. The van der Waals surface area contributed by atoms with Crippen molar-refractivity contribution in [2.75, 3.05) is 0 Å². The van der Waals surface area contributed by atoms with Gasteiger partial charge in [0.25, 0.3) is 0 Å². The second-order valence-electron chi connectivity index (χ2n) is 8.52. The van der Waals surface area contributed by atoms with Crippen molar-refractivity contribution in [1.82, 2.24) is 0 Å². The Morgan fingerprint density at radius 3 is 1.08 bits per heavy atom. The van der Waals surface area contributed by atoms with Crippen molar-refractivity contribution in [3.63, 3.8) is 0 Å². The van der Waals surface area contributed by atoms with Crippen molar-refractivity contribution in [2.24, 2.45) is 11.8 Å². The number of alkyl halides is 10. The first kappa shape index (κ1) is 32.3. The van der Waals surface area contributed by atoms with Gasteiger partial charge in [-0.05, 0) is 50.4 Å². The summed E-state index contributed by atoms with van der Waals surface area (Å²) in [7, 11) is -11.4. The summed E-state index contributed by atoms with van der Waals surface area (Å²) >= 11 is 2.75. The van der Waals surface area contributed by atoms with E-state index in [1.807, 2.05) is 0 Å². The van der Waals surface area contributed by atoms with Crippen LogP contribution in [0.3, 0.4) is 0 Å². The van der Waals surface area contributed by atoms with E-state index >= 15 is 0 Å². The first-order valence-electron chi connectivity index (χ1n) is 9.98. The maximum Gasteiger partial charge on any atom is 0.430 e. The Labute approximate surface area is 216 Å². The lowest BCUT2D eigenvalue weighted by Gasteiger charge is -2.43. The highest BCUT2D eigenvalue weighted by atomic mass is 79.9. The summed E-state index contributed by atoms with van der Waals surface area (Å²) in [5, 5.41) is -4.77. The quantitative estimate of drug-likeness (QED) is 0.169. The fraction of sp³-hybridized carbons (Fsp3) is 1.00. The van der Waals surface area contributed by atoms with E-state index in [0.717, 1.165) is 0 Å². The van der Waals surface area contributed by atoms with Gasteiger partial charge in [0.05, 0.1) is 12.2 Å². The molecular formula is C16H18Br2F10O6S2. The lowest BCUT2D eigenvalue weighted by Crippen LogP contribution is -2.51. The average molecular weight is 720 g/mol. The molecule has 0 aromatic rings. The molecule has 2 aliphatic rings. The molecule has 20 heteroatoms. The molecule has 0 heterocycles. The van der Waals surface area contributed by atoms with Crippen molar-refractivity contribution < 1.29 is 69.2 Å². The van der Waals surface area contributed by atoms with Crippen LogP contribution in [0, 0.1) is 11.8 Å². The molecule has 0 spiro atoms. The molecule has 6 unspecified atom stereocenters. The topological polar surface area (TPSA) is 86.7 Å². The maximum absolute atomic E-state index is 13.9. The Kier molecular flexibility index (Phi) is 9.48. The van der Waals surface area contributed by atoms with Crippen molar-refractivity contribution in [1.29, 1.82) is 0 Å². The zero-order chi connectivity index (χ0) is 28.1. The highest BCUT2D eigenvalue weighted by Gasteiger charge is 2.61. The van der Waals surface area contributed by atoms with Crippen LogP contribution in [0.15, 0.2) is 0 Å². The van der Waals surface area contributed by atoms with E-state index in [-0.39, 0.29) is 12.8 Å². The summed E-state index contributed by atoms with van der Waals surface area (Å²) < 4.78 is 188. The molecule has 6 atom stereocenters. The maximum atomic E-state index is 13.9. The Bertz CT molecular complexity index is 922. The Morgan fingerprint density at radius 2 is 0.861 bits per heavy atom. The van der Waals surface area contributed by atoms with Gasteiger partial charge in [-0.2, -0.15) is 52.0 Å². The summed E-state index contributed by atoms with van der Waals surface area (Å²) in [6, 6.07) is 0. The summed E-state index contributed by atoms with van der Waals surface area (Å²) in [6.45, 7) is 0. The standard InChI is InChI=1S/C16H18Br2F10O6S2/c17-13(19,20)15(23,24)33-9-3-1-7(5-11(9)35(27,29)30)8-2-4-10(12(6-8)36(28,31)32)34-16(25,26)14(18,21)22/h7-12H,1-6H2. The molecule has 36 heavy (non-hydrogen) atoms. The van der Waals surface area contributed by atoms with Gasteiger partial charge < -0.3 is 9.47 Å². The first-order chi connectivity index (χ1) is 15.9. The van der Waals surface area contributed by atoms with E-state index in [4.69, 9.17) is 0 Å². The fourth-order valence-electron chi connectivity index (χ4n) is 4.50. The summed E-state index contributed by atoms with van der Waals surface area (Å²) in [5.74, 6) is -2.05. The predicted octanol–water partition coefficient (Wildman–Crippen LogP) is 5.85. The molecule has 0 saturated heterocycles. The Morgan fingerprint density at radius 1 is 0.583 bits per heavy atom. The van der Waals surface area contributed by atoms with Crippen LogP contribution in [0.2, 0.25) is 0 Å². The van der Waals surface area contributed by atoms with Crippen LogP contribution in [0.5, 0.6) is 0 Å². The van der Waals surface area contributed by atoms with Crippen LogP contribution in [0.25, 0.3) is 0 Å². The number of ether oxygens (including phenoxy) is 2. The normalized spacial score (nSPS) is 31.9. The third kappa shape index (κ3) is 7.59. The average Bonchev–Trinajstić information content (AvgIpc) is 2.64. The van der Waals surface area contributed by atoms with Crippen LogP contribution in [-0.4, -0.2) is 61.4 Å². The van der Waals surface area contributed by atoms with Crippen LogP contribution in [-0.2, 0) is 29.9 Å². The van der Waals surface area contributed by atoms with Gasteiger partial charge in [-0.1, -0.05) is 0 Å². The smallest absolute Gasteiger partial charge is 0.310 e. The molecule has 0 aromatic heterocycles. The van der Waals surface area contributed by atoms with Gasteiger partial charge >= 0.3 is 42.3 Å². The zero-order valence-electron chi connectivity index (χ0n) is 17.5. The van der Waals surface area contributed by atoms with Crippen LogP contribution in [0.1, 0.15) is 38.5 Å². The zero-order valence-corrected chi connectivity index (χ0v) is 22.3. The molecule has 0 aliphatic heterocycles. The third-order valence-electron chi connectivity index (χ3n) is 6.19. The highest BCUT2D eigenvalue weighted by Crippen LogP contribution is 2.48. The Balaban J connectivity index is 2.23. The van der Waals surface area contributed by atoms with Gasteiger partial charge in [0.1, 0.15) is 10.5 Å². The van der Waals surface area contributed by atoms with E-state index in [2.05, 4.69) is 9.47 Å². The second kappa shape index (κ2) is 10.6. The van der Waals surface area contributed by atoms with E-state index in [9.17, 15) is 59.7 Å². The fourth-order valence-corrected chi connectivity index (χ4v) is 6.75. The SMILES string of the molecule is O=S(=O)(F)C1CC(C2CCC(OC(F)(F)C(F)(F)Br)C(S(=O)(=O)F)C2)CCC1OC(F)(F)C(F)(F)Br. The van der Waals surface area contributed by atoms with Gasteiger partial charge in [-0.25, -0.2) is 0 Å². The van der Waals surface area contributed by atoms with E-state index in [1.54, 1.807) is 0 Å². The number of hydrogen-bond donors (Lipinski definition) is 0. The van der Waals surface area contributed by atoms with E-state index in [1.165, 1.54) is 31.9 Å². The van der Waals surface area contributed by atoms with Gasteiger partial charge in [-0.15, -0.1) is 7.77 Å². The van der Waals surface area contributed by atoms with Crippen molar-refractivity contribution in [3.8, 4) is 0 Å². The molecular weight excluding hydrogens is 702 g/mol. The lowest BCUT2D eigenvalue weighted by atomic mass is 9.72. The van der Waals surface area contributed by atoms with Crippen molar-refractivity contribution in [2.45, 2.75) is 83.1 Å². The minimum Gasteiger partial charge on any atom is -0.310 e. The highest BCUT2D eigenvalue weighted by molar-refractivity contribution is 9.10. The van der Waals surface area contributed by atoms with Gasteiger partial charge in [0.2, 0.25) is 0 Å². The minimum absolute atomic E-state index is 0.300. The molecule has 2 aliphatic carbocycles. The van der Waals surface area contributed by atoms with Crippen molar-refractivity contribution in [3.05, 3.63) is 0 Å². The Hall–Kier alpha value is 0.0800. The van der Waals surface area contributed by atoms with Gasteiger partial charge in [0, 0.05) is 31.9 Å². The predicted molar refractivity (Wildman–Crippen MR) is 110 cm³/mol. The molecule has 6 nitrogen and oxygen atoms in total. The molecule has 2 fully saturated rings.